The molecule has 1 aromatic heterocycles. The van der Waals surface area contributed by atoms with Gasteiger partial charge >= 0.3 is 0 Å². The first kappa shape index (κ1) is 19.9. The second kappa shape index (κ2) is 10.6. The van der Waals surface area contributed by atoms with Crippen molar-refractivity contribution in [3.8, 4) is 11.1 Å². The number of allylic oxidation sites excluding steroid dienone is 1. The van der Waals surface area contributed by atoms with Crippen molar-refractivity contribution in [1.29, 1.82) is 0 Å². The average Bonchev–Trinajstić information content (AvgIpc) is 3.03. The van der Waals surface area contributed by atoms with E-state index in [1.165, 1.54) is 31.7 Å². The summed E-state index contributed by atoms with van der Waals surface area (Å²) >= 11 is 1.84. The van der Waals surface area contributed by atoms with Gasteiger partial charge in [-0.1, -0.05) is 95.0 Å². The summed E-state index contributed by atoms with van der Waals surface area (Å²) in [6.45, 7) is 14.0. The quantitative estimate of drug-likeness (QED) is 0.451. The van der Waals surface area contributed by atoms with Crippen LogP contribution in [0.25, 0.3) is 33.4 Å². The van der Waals surface area contributed by atoms with Gasteiger partial charge < -0.3 is 0 Å². The van der Waals surface area contributed by atoms with Gasteiger partial charge in [0.1, 0.15) is 0 Å². The molecule has 24 heavy (non-hydrogen) atoms. The van der Waals surface area contributed by atoms with E-state index in [4.69, 9.17) is 0 Å². The van der Waals surface area contributed by atoms with E-state index in [1.54, 1.807) is 0 Å². The molecule has 0 saturated heterocycles. The third-order valence-corrected chi connectivity index (χ3v) is 4.61. The number of fused-ring (bicyclic) bond motifs is 1. The van der Waals surface area contributed by atoms with E-state index in [9.17, 15) is 0 Å². The van der Waals surface area contributed by atoms with Gasteiger partial charge in [0.15, 0.2) is 0 Å². The Morgan fingerprint density at radius 1 is 0.875 bits per heavy atom. The summed E-state index contributed by atoms with van der Waals surface area (Å²) in [5.41, 5.74) is 3.80. The molecule has 0 radical (unpaired) electrons. The van der Waals surface area contributed by atoms with Crippen LogP contribution in [-0.4, -0.2) is 0 Å². The van der Waals surface area contributed by atoms with E-state index in [-0.39, 0.29) is 0 Å². The SMILES string of the molecule is C=Cc1c(/C=C\C)sc2c(-c3ccccc3)cccc12.CC.CC. The molecular formula is C23H28S. The van der Waals surface area contributed by atoms with E-state index in [0.29, 0.717) is 0 Å². The van der Waals surface area contributed by atoms with Gasteiger partial charge in [-0.25, -0.2) is 0 Å². The van der Waals surface area contributed by atoms with Gasteiger partial charge in [0.05, 0.1) is 0 Å². The maximum Gasteiger partial charge on any atom is 0.0433 e. The highest BCUT2D eigenvalue weighted by Crippen LogP contribution is 2.39. The number of thiophene rings is 1. The van der Waals surface area contributed by atoms with Crippen LogP contribution in [-0.2, 0) is 0 Å². The summed E-state index contributed by atoms with van der Waals surface area (Å²) in [5.74, 6) is 0. The zero-order valence-corrected chi connectivity index (χ0v) is 16.3. The minimum absolute atomic E-state index is 1.24. The molecule has 0 spiro atoms. The predicted octanol–water partition coefficient (Wildman–Crippen LogP) is 8.30. The fourth-order valence-electron chi connectivity index (χ4n) is 2.49. The topological polar surface area (TPSA) is 0 Å². The first-order chi connectivity index (χ1) is 11.8. The van der Waals surface area contributed by atoms with Crippen LogP contribution in [0.2, 0.25) is 0 Å². The molecule has 0 unspecified atom stereocenters. The Hall–Kier alpha value is -2.12. The second-order valence-electron chi connectivity index (χ2n) is 4.63. The predicted molar refractivity (Wildman–Crippen MR) is 115 cm³/mol. The standard InChI is InChI=1S/C19H16S.2C2H6/c1-3-9-18-15(4-2)17-13-8-12-16(19(17)20-18)14-10-6-5-7-11-14;2*1-2/h3-13H,2H2,1H3;2*1-2H3/b9-3-;;. The van der Waals surface area contributed by atoms with Gasteiger partial charge in [-0.3, -0.25) is 0 Å². The Kier molecular flexibility index (Phi) is 8.81. The highest BCUT2D eigenvalue weighted by molar-refractivity contribution is 7.20. The largest absolute Gasteiger partial charge is 0.135 e. The molecule has 0 aliphatic heterocycles. The summed E-state index contributed by atoms with van der Waals surface area (Å²) < 4.78 is 1.33. The molecule has 1 heterocycles. The molecule has 0 bridgehead atoms. The molecule has 0 nitrogen and oxygen atoms in total. The Morgan fingerprint density at radius 3 is 2.12 bits per heavy atom. The van der Waals surface area contributed by atoms with Gasteiger partial charge in [-0.15, -0.1) is 11.3 Å². The molecule has 0 aliphatic carbocycles. The van der Waals surface area contributed by atoms with Crippen LogP contribution in [0.15, 0.2) is 61.2 Å². The summed E-state index contributed by atoms with van der Waals surface area (Å²) in [6, 6.07) is 17.1. The maximum atomic E-state index is 3.97. The van der Waals surface area contributed by atoms with Crippen LogP contribution in [0.5, 0.6) is 0 Å². The van der Waals surface area contributed by atoms with Crippen molar-refractivity contribution in [3.05, 3.63) is 71.6 Å². The molecule has 126 valence electrons. The highest BCUT2D eigenvalue weighted by Gasteiger charge is 2.11. The lowest BCUT2D eigenvalue weighted by Crippen LogP contribution is -1.77. The molecule has 3 rings (SSSR count). The molecule has 0 amide bonds. The summed E-state index contributed by atoms with van der Waals surface area (Å²) in [5, 5.41) is 1.29. The smallest absolute Gasteiger partial charge is 0.0433 e. The third-order valence-electron chi connectivity index (χ3n) is 3.39. The zero-order chi connectivity index (χ0) is 17.9. The molecule has 2 aromatic carbocycles. The van der Waals surface area contributed by atoms with E-state index < -0.39 is 0 Å². The Labute approximate surface area is 151 Å². The van der Waals surface area contributed by atoms with Crippen LogP contribution in [0.1, 0.15) is 45.1 Å². The summed E-state index contributed by atoms with van der Waals surface area (Å²) in [4.78, 5) is 1.28. The lowest BCUT2D eigenvalue weighted by molar-refractivity contribution is 1.50. The fraction of sp³-hybridized carbons (Fsp3) is 0.217. The monoisotopic (exact) mass is 336 g/mol. The van der Waals surface area contributed by atoms with Crippen molar-refractivity contribution in [3.63, 3.8) is 0 Å². The van der Waals surface area contributed by atoms with Gasteiger partial charge in [0.2, 0.25) is 0 Å². The molecule has 0 aliphatic rings. The van der Waals surface area contributed by atoms with E-state index in [2.05, 4.69) is 74.2 Å². The first-order valence-electron chi connectivity index (χ1n) is 8.71. The van der Waals surface area contributed by atoms with Crippen LogP contribution in [0, 0.1) is 0 Å². The van der Waals surface area contributed by atoms with Gasteiger partial charge in [-0.2, -0.15) is 0 Å². The van der Waals surface area contributed by atoms with E-state index in [1.807, 2.05) is 45.1 Å². The lowest BCUT2D eigenvalue weighted by Gasteiger charge is -2.03. The Balaban J connectivity index is 0.000000671. The minimum atomic E-state index is 1.24. The van der Waals surface area contributed by atoms with Crippen molar-refractivity contribution < 1.29 is 0 Å². The molecule has 0 atom stereocenters. The molecule has 0 fully saturated rings. The summed E-state index contributed by atoms with van der Waals surface area (Å²) in [6.07, 6.45) is 6.21. The Bertz CT molecular complexity index is 776. The molecule has 0 N–H and O–H groups in total. The third kappa shape index (κ3) is 4.24. The average molecular weight is 337 g/mol. The number of rotatable bonds is 3. The fourth-order valence-corrected chi connectivity index (χ4v) is 3.80. The van der Waals surface area contributed by atoms with Crippen molar-refractivity contribution in [2.24, 2.45) is 0 Å². The van der Waals surface area contributed by atoms with Gasteiger partial charge in [0.25, 0.3) is 0 Å². The lowest BCUT2D eigenvalue weighted by atomic mass is 10.0. The first-order valence-corrected chi connectivity index (χ1v) is 9.53. The minimum Gasteiger partial charge on any atom is -0.135 e. The van der Waals surface area contributed by atoms with Gasteiger partial charge in [0, 0.05) is 15.0 Å². The normalized spacial score (nSPS) is 9.88. The van der Waals surface area contributed by atoms with Crippen molar-refractivity contribution in [1.82, 2.24) is 0 Å². The van der Waals surface area contributed by atoms with Crippen LogP contribution < -0.4 is 0 Å². The number of benzene rings is 2. The van der Waals surface area contributed by atoms with Gasteiger partial charge in [-0.05, 0) is 29.7 Å². The molecular weight excluding hydrogens is 308 g/mol. The number of hydrogen-bond acceptors (Lipinski definition) is 1. The Morgan fingerprint density at radius 2 is 1.54 bits per heavy atom. The number of hydrogen-bond donors (Lipinski definition) is 0. The van der Waals surface area contributed by atoms with Crippen molar-refractivity contribution >= 4 is 33.6 Å². The van der Waals surface area contributed by atoms with Crippen molar-refractivity contribution in [2.75, 3.05) is 0 Å². The van der Waals surface area contributed by atoms with E-state index >= 15 is 0 Å². The maximum absolute atomic E-state index is 3.97. The highest BCUT2D eigenvalue weighted by atomic mass is 32.1. The summed E-state index contributed by atoms with van der Waals surface area (Å²) in [7, 11) is 0. The second-order valence-corrected chi connectivity index (χ2v) is 5.68. The molecule has 3 aromatic rings. The van der Waals surface area contributed by atoms with E-state index in [0.717, 1.165) is 0 Å². The van der Waals surface area contributed by atoms with Crippen LogP contribution in [0.3, 0.4) is 0 Å². The van der Waals surface area contributed by atoms with Crippen LogP contribution in [0.4, 0.5) is 0 Å². The van der Waals surface area contributed by atoms with Crippen LogP contribution >= 0.6 is 11.3 Å². The van der Waals surface area contributed by atoms with Crippen molar-refractivity contribution in [2.45, 2.75) is 34.6 Å². The molecule has 1 heteroatoms. The zero-order valence-electron chi connectivity index (χ0n) is 15.5. The molecule has 0 saturated carbocycles.